The molecule has 0 aliphatic rings. The standard InChI is InChI=1S/C10H8F5NO4/c1-2-19-9(18)4-3-16-5(8(11)12)6(17)7(4)20-10(13,14)15/h3,8,17H,2H2,1H3. The van der Waals surface area contributed by atoms with Crippen LogP contribution in [0.5, 0.6) is 11.5 Å². The number of pyridine rings is 1. The monoisotopic (exact) mass is 301 g/mol. The van der Waals surface area contributed by atoms with E-state index < -0.39 is 41.5 Å². The van der Waals surface area contributed by atoms with Crippen molar-refractivity contribution in [3.63, 3.8) is 0 Å². The van der Waals surface area contributed by atoms with Crippen LogP contribution < -0.4 is 4.74 Å². The average Bonchev–Trinajstić information content (AvgIpc) is 2.29. The van der Waals surface area contributed by atoms with E-state index in [1.807, 2.05) is 0 Å². The van der Waals surface area contributed by atoms with Gasteiger partial charge in [-0.25, -0.2) is 13.6 Å². The highest BCUT2D eigenvalue weighted by atomic mass is 19.4. The van der Waals surface area contributed by atoms with Crippen LogP contribution in [-0.2, 0) is 4.74 Å². The summed E-state index contributed by atoms with van der Waals surface area (Å²) in [6.07, 6.45) is -8.22. The molecule has 0 unspecified atom stereocenters. The number of ether oxygens (including phenoxy) is 2. The van der Waals surface area contributed by atoms with Crippen LogP contribution in [0.25, 0.3) is 0 Å². The Morgan fingerprint density at radius 3 is 2.50 bits per heavy atom. The fourth-order valence-corrected chi connectivity index (χ4v) is 1.23. The Morgan fingerprint density at radius 1 is 1.45 bits per heavy atom. The van der Waals surface area contributed by atoms with Gasteiger partial charge in [0.05, 0.1) is 6.61 Å². The summed E-state index contributed by atoms with van der Waals surface area (Å²) >= 11 is 0. The van der Waals surface area contributed by atoms with Crippen LogP contribution in [-0.4, -0.2) is 29.0 Å². The number of aromatic hydroxyl groups is 1. The molecule has 0 saturated carbocycles. The number of hydrogen-bond donors (Lipinski definition) is 1. The van der Waals surface area contributed by atoms with Crippen LogP contribution in [0.3, 0.4) is 0 Å². The number of hydrogen-bond acceptors (Lipinski definition) is 5. The highest BCUT2D eigenvalue weighted by Crippen LogP contribution is 2.40. The molecule has 5 nitrogen and oxygen atoms in total. The molecule has 1 rings (SSSR count). The molecule has 0 aromatic carbocycles. The molecule has 0 atom stereocenters. The highest BCUT2D eigenvalue weighted by Gasteiger charge is 2.36. The highest BCUT2D eigenvalue weighted by molar-refractivity contribution is 5.93. The first-order valence-corrected chi connectivity index (χ1v) is 5.10. The molecule has 1 heterocycles. The number of esters is 1. The number of carbonyl (C=O) groups excluding carboxylic acids is 1. The molecule has 20 heavy (non-hydrogen) atoms. The number of halogens is 5. The predicted octanol–water partition coefficient (Wildman–Crippen LogP) is 2.80. The maximum atomic E-state index is 12.4. The lowest BCUT2D eigenvalue weighted by atomic mass is 10.2. The minimum Gasteiger partial charge on any atom is -0.503 e. The summed E-state index contributed by atoms with van der Waals surface area (Å²) in [5, 5.41) is 9.35. The molecule has 112 valence electrons. The zero-order valence-corrected chi connectivity index (χ0v) is 9.87. The SMILES string of the molecule is CCOC(=O)c1cnc(C(F)F)c(O)c1OC(F)(F)F. The van der Waals surface area contributed by atoms with Crippen LogP contribution in [0, 0.1) is 0 Å². The van der Waals surface area contributed by atoms with Crippen LogP contribution >= 0.6 is 0 Å². The van der Waals surface area contributed by atoms with Crippen molar-refractivity contribution in [1.29, 1.82) is 0 Å². The molecule has 0 aliphatic carbocycles. The fourth-order valence-electron chi connectivity index (χ4n) is 1.23. The van der Waals surface area contributed by atoms with Crippen molar-refractivity contribution in [2.24, 2.45) is 0 Å². The fraction of sp³-hybridized carbons (Fsp3) is 0.400. The molecular formula is C10H8F5NO4. The second-order valence-corrected chi connectivity index (χ2v) is 3.30. The number of aromatic nitrogens is 1. The van der Waals surface area contributed by atoms with Gasteiger partial charge < -0.3 is 14.6 Å². The van der Waals surface area contributed by atoms with Gasteiger partial charge in [0.15, 0.2) is 17.2 Å². The van der Waals surface area contributed by atoms with Gasteiger partial charge in [0, 0.05) is 6.20 Å². The lowest BCUT2D eigenvalue weighted by Crippen LogP contribution is -2.20. The Hall–Kier alpha value is -2.13. The third-order valence-corrected chi connectivity index (χ3v) is 1.95. The average molecular weight is 301 g/mol. The number of rotatable bonds is 4. The third-order valence-electron chi connectivity index (χ3n) is 1.95. The first kappa shape index (κ1) is 15.9. The molecule has 0 aliphatic heterocycles. The van der Waals surface area contributed by atoms with Crippen LogP contribution in [0.2, 0.25) is 0 Å². The molecule has 1 aromatic rings. The Bertz CT molecular complexity index is 503. The van der Waals surface area contributed by atoms with Crippen molar-refractivity contribution in [2.75, 3.05) is 6.61 Å². The van der Waals surface area contributed by atoms with Crippen molar-refractivity contribution in [2.45, 2.75) is 19.7 Å². The number of alkyl halides is 5. The molecule has 0 bridgehead atoms. The number of nitrogens with zero attached hydrogens (tertiary/aromatic N) is 1. The summed E-state index contributed by atoms with van der Waals surface area (Å²) < 4.78 is 69.3. The van der Waals surface area contributed by atoms with Gasteiger partial charge in [-0.05, 0) is 6.92 Å². The Balaban J connectivity index is 3.37. The van der Waals surface area contributed by atoms with Crippen molar-refractivity contribution in [3.05, 3.63) is 17.5 Å². The minimum atomic E-state index is -5.29. The van der Waals surface area contributed by atoms with Crippen molar-refractivity contribution < 1.29 is 41.3 Å². The topological polar surface area (TPSA) is 68.7 Å². The number of carbonyl (C=O) groups is 1. The van der Waals surface area contributed by atoms with E-state index >= 15 is 0 Å². The molecule has 0 amide bonds. The van der Waals surface area contributed by atoms with Crippen molar-refractivity contribution in [1.82, 2.24) is 4.98 Å². The summed E-state index contributed by atoms with van der Waals surface area (Å²) in [5.41, 5.74) is -2.25. The molecule has 1 N–H and O–H groups in total. The molecular weight excluding hydrogens is 293 g/mol. The summed E-state index contributed by atoms with van der Waals surface area (Å²) in [4.78, 5) is 14.4. The normalized spacial score (nSPS) is 11.6. The quantitative estimate of drug-likeness (QED) is 0.684. The van der Waals surface area contributed by atoms with E-state index in [1.54, 1.807) is 0 Å². The van der Waals surface area contributed by atoms with E-state index in [9.17, 15) is 31.9 Å². The van der Waals surface area contributed by atoms with Gasteiger partial charge >= 0.3 is 12.3 Å². The molecule has 0 fully saturated rings. The van der Waals surface area contributed by atoms with Crippen LogP contribution in [0.15, 0.2) is 6.20 Å². The maximum absolute atomic E-state index is 12.4. The lowest BCUT2D eigenvalue weighted by molar-refractivity contribution is -0.275. The molecule has 0 spiro atoms. The van der Waals surface area contributed by atoms with Crippen LogP contribution in [0.1, 0.15) is 29.4 Å². The van der Waals surface area contributed by atoms with E-state index in [0.717, 1.165) is 0 Å². The van der Waals surface area contributed by atoms with Gasteiger partial charge in [-0.1, -0.05) is 0 Å². The molecule has 0 radical (unpaired) electrons. The second-order valence-electron chi connectivity index (χ2n) is 3.30. The van der Waals surface area contributed by atoms with Gasteiger partial charge in [-0.15, -0.1) is 13.2 Å². The predicted molar refractivity (Wildman–Crippen MR) is 53.5 cm³/mol. The summed E-state index contributed by atoms with van der Waals surface area (Å²) in [6.45, 7) is 1.20. The first-order chi connectivity index (χ1) is 9.17. The van der Waals surface area contributed by atoms with Crippen molar-refractivity contribution >= 4 is 5.97 Å². The Morgan fingerprint density at radius 2 is 2.05 bits per heavy atom. The van der Waals surface area contributed by atoms with Gasteiger partial charge in [0.2, 0.25) is 0 Å². The summed E-state index contributed by atoms with van der Waals surface area (Å²) in [7, 11) is 0. The zero-order valence-electron chi connectivity index (χ0n) is 9.87. The van der Waals surface area contributed by atoms with Crippen molar-refractivity contribution in [3.8, 4) is 11.5 Å². The first-order valence-electron chi connectivity index (χ1n) is 5.10. The second kappa shape index (κ2) is 5.88. The zero-order chi connectivity index (χ0) is 15.5. The molecule has 10 heteroatoms. The minimum absolute atomic E-state index is 0.179. The lowest BCUT2D eigenvalue weighted by Gasteiger charge is -2.15. The largest absolute Gasteiger partial charge is 0.573 e. The van der Waals surface area contributed by atoms with Gasteiger partial charge in [0.25, 0.3) is 6.43 Å². The Labute approximate surface area is 108 Å². The van der Waals surface area contributed by atoms with E-state index in [-0.39, 0.29) is 6.61 Å². The van der Waals surface area contributed by atoms with Gasteiger partial charge in [0.1, 0.15) is 5.56 Å². The summed E-state index contributed by atoms with van der Waals surface area (Å²) in [6, 6.07) is 0. The van der Waals surface area contributed by atoms with Crippen LogP contribution in [0.4, 0.5) is 22.0 Å². The van der Waals surface area contributed by atoms with Gasteiger partial charge in [-0.3, -0.25) is 4.98 Å². The Kier molecular flexibility index (Phi) is 4.69. The van der Waals surface area contributed by atoms with E-state index in [4.69, 9.17) is 0 Å². The van der Waals surface area contributed by atoms with E-state index in [0.29, 0.717) is 6.20 Å². The van der Waals surface area contributed by atoms with Gasteiger partial charge in [-0.2, -0.15) is 0 Å². The smallest absolute Gasteiger partial charge is 0.503 e. The molecule has 1 aromatic heterocycles. The molecule has 0 saturated heterocycles. The summed E-state index contributed by atoms with van der Waals surface area (Å²) in [5.74, 6) is -4.33. The maximum Gasteiger partial charge on any atom is 0.573 e. The van der Waals surface area contributed by atoms with E-state index in [1.165, 1.54) is 6.92 Å². The third kappa shape index (κ3) is 3.68. The van der Waals surface area contributed by atoms with E-state index in [2.05, 4.69) is 14.5 Å².